The van der Waals surface area contributed by atoms with E-state index >= 15 is 0 Å². The van der Waals surface area contributed by atoms with E-state index in [0.717, 1.165) is 42.2 Å². The van der Waals surface area contributed by atoms with Crippen LogP contribution in [-0.4, -0.2) is 27.9 Å². The molecule has 0 spiro atoms. The lowest BCUT2D eigenvalue weighted by molar-refractivity contribution is -0.122. The average Bonchev–Trinajstić information content (AvgIpc) is 2.84. The van der Waals surface area contributed by atoms with Crippen molar-refractivity contribution in [1.82, 2.24) is 20.0 Å². The summed E-state index contributed by atoms with van der Waals surface area (Å²) in [5.41, 5.74) is 3.41. The van der Waals surface area contributed by atoms with E-state index in [0.29, 0.717) is 6.54 Å². The Hall–Kier alpha value is -1.40. The molecule has 2 aromatic heterocycles. The Morgan fingerprint density at radius 1 is 1.50 bits per heavy atom. The molecule has 1 fully saturated rings. The molecular weight excluding hydrogens is 272 g/mol. The predicted molar refractivity (Wildman–Crippen MR) is 80.0 cm³/mol. The first-order valence-electron chi connectivity index (χ1n) is 7.10. The molecule has 1 aliphatic heterocycles. The third-order valence-corrected chi connectivity index (χ3v) is 4.82. The Kier molecular flexibility index (Phi) is 3.76. The van der Waals surface area contributed by atoms with Crippen LogP contribution in [-0.2, 0) is 11.3 Å². The molecule has 1 saturated heterocycles. The smallest absolute Gasteiger partial charge is 0.237 e. The van der Waals surface area contributed by atoms with Gasteiger partial charge in [0.2, 0.25) is 5.91 Å². The summed E-state index contributed by atoms with van der Waals surface area (Å²) in [5.74, 6) is 0.128. The van der Waals surface area contributed by atoms with Crippen molar-refractivity contribution in [3.05, 3.63) is 22.5 Å². The molecule has 0 aliphatic carbocycles. The third-order valence-electron chi connectivity index (χ3n) is 3.88. The molecule has 0 aromatic carbocycles. The molecule has 2 N–H and O–H groups in total. The van der Waals surface area contributed by atoms with Crippen LogP contribution in [0.2, 0.25) is 0 Å². The van der Waals surface area contributed by atoms with Crippen LogP contribution < -0.4 is 10.6 Å². The number of carbonyl (C=O) groups is 1. The van der Waals surface area contributed by atoms with Gasteiger partial charge in [0.05, 0.1) is 17.4 Å². The van der Waals surface area contributed by atoms with E-state index in [4.69, 9.17) is 0 Å². The fraction of sp³-hybridized carbons (Fsp3) is 0.571. The maximum atomic E-state index is 11.9. The van der Waals surface area contributed by atoms with Crippen LogP contribution in [0.25, 0.3) is 4.96 Å². The van der Waals surface area contributed by atoms with Crippen LogP contribution in [0.15, 0.2) is 5.38 Å². The lowest BCUT2D eigenvalue weighted by Crippen LogP contribution is -2.42. The summed E-state index contributed by atoms with van der Waals surface area (Å²) in [7, 11) is 0. The number of hydrogen-bond donors (Lipinski definition) is 2. The van der Waals surface area contributed by atoms with Crippen LogP contribution in [0, 0.1) is 13.8 Å². The fourth-order valence-electron chi connectivity index (χ4n) is 2.73. The van der Waals surface area contributed by atoms with Gasteiger partial charge in [-0.1, -0.05) is 0 Å². The molecular formula is C14H20N4OS. The minimum Gasteiger partial charge on any atom is -0.355 e. The molecule has 6 heteroatoms. The number of fused-ring (bicyclic) bond motifs is 1. The Labute approximate surface area is 122 Å². The largest absolute Gasteiger partial charge is 0.355 e. The van der Waals surface area contributed by atoms with E-state index in [9.17, 15) is 4.79 Å². The molecule has 108 valence electrons. The minimum atomic E-state index is -0.0820. The van der Waals surface area contributed by atoms with Gasteiger partial charge in [-0.3, -0.25) is 9.20 Å². The third kappa shape index (κ3) is 2.45. The van der Waals surface area contributed by atoms with E-state index < -0.39 is 0 Å². The second-order valence-electron chi connectivity index (χ2n) is 5.36. The van der Waals surface area contributed by atoms with Crippen LogP contribution in [0.5, 0.6) is 0 Å². The summed E-state index contributed by atoms with van der Waals surface area (Å²) in [6.45, 7) is 5.61. The second-order valence-corrected chi connectivity index (χ2v) is 6.20. The highest BCUT2D eigenvalue weighted by atomic mass is 32.1. The zero-order valence-electron chi connectivity index (χ0n) is 11.9. The molecule has 1 amide bonds. The number of nitrogens with zero attached hydrogens (tertiary/aromatic N) is 2. The molecule has 20 heavy (non-hydrogen) atoms. The van der Waals surface area contributed by atoms with E-state index in [2.05, 4.69) is 32.3 Å². The normalized spacial score (nSPS) is 20.1. The maximum Gasteiger partial charge on any atom is 0.237 e. The van der Waals surface area contributed by atoms with Crippen LogP contribution >= 0.6 is 11.3 Å². The standard InChI is InChI=1S/C14H20N4OS/c1-9-8-20-14-17-10(2)12(18(9)14)7-16-11-5-3-4-6-15-13(11)19/h8,11,16H,3-7H2,1-2H3,(H,15,19). The molecule has 1 aliphatic rings. The van der Waals surface area contributed by atoms with Gasteiger partial charge in [-0.15, -0.1) is 11.3 Å². The van der Waals surface area contributed by atoms with Crippen LogP contribution in [0.4, 0.5) is 0 Å². The molecule has 0 bridgehead atoms. The lowest BCUT2D eigenvalue weighted by atomic mass is 10.1. The fourth-order valence-corrected chi connectivity index (χ4v) is 3.66. The molecule has 1 unspecified atom stereocenters. The summed E-state index contributed by atoms with van der Waals surface area (Å²) < 4.78 is 2.18. The zero-order chi connectivity index (χ0) is 14.1. The van der Waals surface area contributed by atoms with Gasteiger partial charge in [-0.2, -0.15) is 0 Å². The number of carbonyl (C=O) groups excluding carboxylic acids is 1. The summed E-state index contributed by atoms with van der Waals surface area (Å²) in [4.78, 5) is 17.6. The van der Waals surface area contributed by atoms with Crippen LogP contribution in [0.1, 0.15) is 36.3 Å². The Bertz CT molecular complexity index is 630. The summed E-state index contributed by atoms with van der Waals surface area (Å²) in [6.07, 6.45) is 3.08. The minimum absolute atomic E-state index is 0.0820. The van der Waals surface area contributed by atoms with Gasteiger partial charge in [-0.05, 0) is 33.1 Å². The number of rotatable bonds is 3. The Morgan fingerprint density at radius 2 is 2.35 bits per heavy atom. The summed E-state index contributed by atoms with van der Waals surface area (Å²) >= 11 is 1.66. The molecule has 0 saturated carbocycles. The van der Waals surface area contributed by atoms with Gasteiger partial charge in [0.15, 0.2) is 4.96 Å². The van der Waals surface area contributed by atoms with Gasteiger partial charge in [0, 0.05) is 24.2 Å². The number of nitrogens with one attached hydrogen (secondary N) is 2. The first kappa shape index (κ1) is 13.6. The Balaban J connectivity index is 1.77. The lowest BCUT2D eigenvalue weighted by Gasteiger charge is -2.15. The predicted octanol–water partition coefficient (Wildman–Crippen LogP) is 1.77. The van der Waals surface area contributed by atoms with Crippen molar-refractivity contribution in [3.63, 3.8) is 0 Å². The molecule has 5 nitrogen and oxygen atoms in total. The van der Waals surface area contributed by atoms with Gasteiger partial charge in [-0.25, -0.2) is 4.98 Å². The number of aromatic nitrogens is 2. The van der Waals surface area contributed by atoms with Gasteiger partial charge >= 0.3 is 0 Å². The topological polar surface area (TPSA) is 58.4 Å². The van der Waals surface area contributed by atoms with Gasteiger partial charge in [0.1, 0.15) is 0 Å². The van der Waals surface area contributed by atoms with E-state index in [1.165, 1.54) is 5.69 Å². The highest BCUT2D eigenvalue weighted by molar-refractivity contribution is 7.15. The molecule has 3 heterocycles. The van der Waals surface area contributed by atoms with Gasteiger partial charge < -0.3 is 10.6 Å². The number of amides is 1. The van der Waals surface area contributed by atoms with Crippen molar-refractivity contribution < 1.29 is 4.79 Å². The first-order valence-corrected chi connectivity index (χ1v) is 7.98. The molecule has 2 aromatic rings. The Morgan fingerprint density at radius 3 is 3.20 bits per heavy atom. The van der Waals surface area contributed by atoms with E-state index in [1.807, 2.05) is 6.92 Å². The quantitative estimate of drug-likeness (QED) is 0.906. The zero-order valence-corrected chi connectivity index (χ0v) is 12.7. The maximum absolute atomic E-state index is 11.9. The van der Waals surface area contributed by atoms with Crippen molar-refractivity contribution in [2.45, 2.75) is 45.7 Å². The molecule has 3 rings (SSSR count). The van der Waals surface area contributed by atoms with E-state index in [-0.39, 0.29) is 11.9 Å². The summed E-state index contributed by atoms with van der Waals surface area (Å²) in [5, 5.41) is 8.47. The summed E-state index contributed by atoms with van der Waals surface area (Å²) in [6, 6.07) is -0.0820. The first-order chi connectivity index (χ1) is 9.66. The number of thiazole rings is 1. The average molecular weight is 292 g/mol. The van der Waals surface area contributed by atoms with Crippen molar-refractivity contribution in [2.24, 2.45) is 0 Å². The molecule has 1 atom stereocenters. The highest BCUT2D eigenvalue weighted by Crippen LogP contribution is 2.20. The van der Waals surface area contributed by atoms with E-state index in [1.54, 1.807) is 11.3 Å². The molecule has 0 radical (unpaired) electrons. The number of hydrogen-bond acceptors (Lipinski definition) is 4. The van der Waals surface area contributed by atoms with Gasteiger partial charge in [0.25, 0.3) is 0 Å². The van der Waals surface area contributed by atoms with Crippen molar-refractivity contribution >= 4 is 22.2 Å². The highest BCUT2D eigenvalue weighted by Gasteiger charge is 2.21. The van der Waals surface area contributed by atoms with Crippen molar-refractivity contribution in [2.75, 3.05) is 6.54 Å². The number of imidazole rings is 1. The SMILES string of the molecule is Cc1nc2scc(C)n2c1CNC1CCCCNC1=O. The van der Waals surface area contributed by atoms with Crippen molar-refractivity contribution in [1.29, 1.82) is 0 Å². The monoisotopic (exact) mass is 292 g/mol. The number of aryl methyl sites for hydroxylation is 2. The van der Waals surface area contributed by atoms with Crippen LogP contribution in [0.3, 0.4) is 0 Å². The van der Waals surface area contributed by atoms with Crippen molar-refractivity contribution in [3.8, 4) is 0 Å². The second kappa shape index (κ2) is 5.54.